The number of piperidine rings is 1. The maximum absolute atomic E-state index is 13.5. The Balaban J connectivity index is 1.18. The molecule has 6 rings (SSSR count). The van der Waals surface area contributed by atoms with E-state index in [2.05, 4.69) is 47.5 Å². The summed E-state index contributed by atoms with van der Waals surface area (Å²) in [6, 6.07) is 11.4. The third-order valence-electron chi connectivity index (χ3n) is 9.15. The number of rotatable bonds is 9. The molecule has 13 nitrogen and oxygen atoms in total. The van der Waals surface area contributed by atoms with E-state index >= 15 is 0 Å². The lowest BCUT2D eigenvalue weighted by atomic mass is 9.85. The molecule has 4 heterocycles. The van der Waals surface area contributed by atoms with Crippen molar-refractivity contribution in [2.45, 2.75) is 71.6 Å². The molecule has 2 atom stereocenters. The average Bonchev–Trinajstić information content (AvgIpc) is 3.71. The number of fused-ring (bicyclic) bond motifs is 2. The largest absolute Gasteiger partial charge is 0.484 e. The summed E-state index contributed by atoms with van der Waals surface area (Å²) in [4.78, 5) is 22.4. The second-order valence-corrected chi connectivity index (χ2v) is 14.3. The zero-order valence-corrected chi connectivity index (χ0v) is 29.3. The summed E-state index contributed by atoms with van der Waals surface area (Å²) in [6.07, 6.45) is 12.3. The number of amides is 2. The number of quaternary nitrogens is 1. The van der Waals surface area contributed by atoms with Crippen LogP contribution in [0.2, 0.25) is 0 Å². The number of nitrogens with zero attached hydrogens (tertiary/aromatic N) is 8. The molecule has 1 aliphatic carbocycles. The minimum absolute atomic E-state index is 0.164. The van der Waals surface area contributed by atoms with E-state index in [1.165, 1.54) is 6.42 Å². The molecular weight excluding hydrogens is 618 g/mol. The van der Waals surface area contributed by atoms with Crippen molar-refractivity contribution in [1.29, 1.82) is 0 Å². The van der Waals surface area contributed by atoms with Crippen LogP contribution in [0.5, 0.6) is 5.75 Å². The van der Waals surface area contributed by atoms with Gasteiger partial charge in [0.25, 0.3) is 0 Å². The van der Waals surface area contributed by atoms with E-state index in [9.17, 15) is 4.79 Å². The molecule has 0 unspecified atom stereocenters. The second kappa shape index (κ2) is 14.8. The maximum atomic E-state index is 13.5. The SMILES string of the molecule is CN(C)CCn1cc([NH2+]C(/C=C(\N)C(C)(C)C)=N/C(=O)N[C@H]2CC[C@@H](Oc3ccc4nnc(N5CCCCC5)n4c3)c3ccccc32)cn1. The van der Waals surface area contributed by atoms with Gasteiger partial charge < -0.3 is 25.6 Å². The van der Waals surface area contributed by atoms with Crippen molar-refractivity contribution in [3.8, 4) is 5.75 Å². The van der Waals surface area contributed by atoms with E-state index in [1.54, 1.807) is 12.3 Å². The zero-order chi connectivity index (χ0) is 34.5. The number of anilines is 1. The van der Waals surface area contributed by atoms with Gasteiger partial charge in [-0.05, 0) is 69.5 Å². The molecule has 260 valence electrons. The van der Waals surface area contributed by atoms with Crippen LogP contribution in [0.4, 0.5) is 16.4 Å². The summed E-state index contributed by atoms with van der Waals surface area (Å²) in [5, 5.41) is 18.4. The van der Waals surface area contributed by atoms with E-state index < -0.39 is 6.03 Å². The summed E-state index contributed by atoms with van der Waals surface area (Å²) in [7, 11) is 4.06. The summed E-state index contributed by atoms with van der Waals surface area (Å²) in [6.45, 7) is 9.70. The van der Waals surface area contributed by atoms with Crippen LogP contribution < -0.4 is 26.0 Å². The number of carbonyl (C=O) groups excluding carboxylic acids is 1. The minimum Gasteiger partial charge on any atom is -0.484 e. The number of aromatic nitrogens is 5. The van der Waals surface area contributed by atoms with E-state index in [0.717, 1.165) is 79.6 Å². The number of carbonyl (C=O) groups is 1. The first-order valence-corrected chi connectivity index (χ1v) is 17.3. The van der Waals surface area contributed by atoms with Gasteiger partial charge in [0, 0.05) is 36.8 Å². The highest BCUT2D eigenvalue weighted by molar-refractivity contribution is 5.96. The lowest BCUT2D eigenvalue weighted by molar-refractivity contribution is -0.442. The molecule has 0 saturated carbocycles. The normalized spacial score (nSPS) is 18.9. The molecule has 3 aromatic heterocycles. The van der Waals surface area contributed by atoms with Gasteiger partial charge in [-0.3, -0.25) is 14.4 Å². The zero-order valence-electron chi connectivity index (χ0n) is 29.3. The van der Waals surface area contributed by atoms with E-state index in [0.29, 0.717) is 18.0 Å². The summed E-state index contributed by atoms with van der Waals surface area (Å²) in [5.41, 5.74) is 10.5. The predicted octanol–water partition coefficient (Wildman–Crippen LogP) is 4.32. The van der Waals surface area contributed by atoms with Gasteiger partial charge in [-0.2, -0.15) is 5.10 Å². The monoisotopic (exact) mass is 668 g/mol. The molecular formula is C36H50N11O2+. The van der Waals surface area contributed by atoms with Crippen LogP contribution in [0, 0.1) is 5.41 Å². The summed E-state index contributed by atoms with van der Waals surface area (Å²) in [5.74, 6) is 2.09. The number of hydrogen-bond donors (Lipinski definition) is 3. The number of aliphatic imine (C=N–C) groups is 1. The number of allylic oxidation sites excluding steroid dienone is 1. The smallest absolute Gasteiger partial charge is 0.346 e. The van der Waals surface area contributed by atoms with Gasteiger partial charge in [0.2, 0.25) is 11.8 Å². The molecule has 0 radical (unpaired) electrons. The average molecular weight is 669 g/mol. The fourth-order valence-electron chi connectivity index (χ4n) is 6.26. The van der Waals surface area contributed by atoms with Crippen molar-refractivity contribution in [2.75, 3.05) is 38.6 Å². The van der Waals surface area contributed by atoms with Crippen LogP contribution >= 0.6 is 0 Å². The fraction of sp³-hybridized carbons (Fsp3) is 0.472. The number of benzene rings is 1. The number of pyridine rings is 1. The second-order valence-electron chi connectivity index (χ2n) is 14.3. The van der Waals surface area contributed by atoms with Gasteiger partial charge in [0.1, 0.15) is 18.1 Å². The van der Waals surface area contributed by atoms with Gasteiger partial charge >= 0.3 is 6.03 Å². The molecule has 13 heteroatoms. The fourth-order valence-corrected chi connectivity index (χ4v) is 6.26. The number of nitrogens with one attached hydrogen (secondary N) is 1. The van der Waals surface area contributed by atoms with E-state index in [1.807, 2.05) is 85.9 Å². The van der Waals surface area contributed by atoms with Crippen LogP contribution in [0.1, 0.15) is 76.1 Å². The molecule has 4 aromatic rings. The molecule has 49 heavy (non-hydrogen) atoms. The highest BCUT2D eigenvalue weighted by Crippen LogP contribution is 2.39. The molecule has 2 aliphatic rings. The van der Waals surface area contributed by atoms with Crippen molar-refractivity contribution in [1.82, 2.24) is 34.6 Å². The number of likely N-dealkylation sites (N-methyl/N-ethyl adjacent to an activating group) is 1. The molecule has 0 spiro atoms. The number of urea groups is 1. The number of amidine groups is 1. The number of nitrogens with two attached hydrogens (primary N) is 2. The van der Waals surface area contributed by atoms with Crippen LogP contribution in [-0.4, -0.2) is 74.9 Å². The van der Waals surface area contributed by atoms with E-state index in [-0.39, 0.29) is 17.6 Å². The van der Waals surface area contributed by atoms with Crippen LogP contribution in [-0.2, 0) is 6.54 Å². The molecule has 1 aliphatic heterocycles. The third-order valence-corrected chi connectivity index (χ3v) is 9.15. The topological polar surface area (TPSA) is 148 Å². The van der Waals surface area contributed by atoms with Gasteiger partial charge in [-0.25, -0.2) is 4.79 Å². The van der Waals surface area contributed by atoms with Gasteiger partial charge in [0.05, 0.1) is 25.0 Å². The Bertz CT molecular complexity index is 1810. The first-order valence-electron chi connectivity index (χ1n) is 17.3. The predicted molar refractivity (Wildman–Crippen MR) is 191 cm³/mol. The highest BCUT2D eigenvalue weighted by Gasteiger charge is 2.30. The first kappa shape index (κ1) is 34.1. The summed E-state index contributed by atoms with van der Waals surface area (Å²) < 4.78 is 10.5. The maximum Gasteiger partial charge on any atom is 0.346 e. The Morgan fingerprint density at radius 3 is 2.61 bits per heavy atom. The van der Waals surface area contributed by atoms with Crippen LogP contribution in [0.3, 0.4) is 0 Å². The Morgan fingerprint density at radius 1 is 1.08 bits per heavy atom. The first-order chi connectivity index (χ1) is 23.5. The quantitative estimate of drug-likeness (QED) is 0.177. The molecule has 1 saturated heterocycles. The van der Waals surface area contributed by atoms with Crippen molar-refractivity contribution < 1.29 is 14.8 Å². The summed E-state index contributed by atoms with van der Waals surface area (Å²) >= 11 is 0. The van der Waals surface area contributed by atoms with Crippen molar-refractivity contribution in [3.63, 3.8) is 0 Å². The Morgan fingerprint density at radius 2 is 1.86 bits per heavy atom. The molecule has 1 aromatic carbocycles. The van der Waals surface area contributed by atoms with Crippen molar-refractivity contribution >= 4 is 29.1 Å². The van der Waals surface area contributed by atoms with Crippen LogP contribution in [0.25, 0.3) is 5.65 Å². The van der Waals surface area contributed by atoms with Gasteiger partial charge in [0.15, 0.2) is 11.3 Å². The Labute approximate surface area is 288 Å². The standard InChI is InChI=1S/C36H49N11O2/c1-36(2,3)31(37)21-32(39-25-22-38-46(23-25)20-19-44(4)5)41-34(48)40-29-14-15-30(28-12-8-7-11-27(28)29)49-26-13-16-33-42-43-35(47(33)24-26)45-17-9-6-10-18-45/h7-8,11-13,16,21-24,29-30H,6,9-10,14-15,17-20,37H2,1-5H3,(H2,39,40,41,48)/p+1/b31-21-/t29-,30+/m0/s1. The molecule has 5 N–H and O–H groups in total. The lowest BCUT2D eigenvalue weighted by Crippen LogP contribution is -2.82. The number of ether oxygens (including phenoxy) is 1. The van der Waals surface area contributed by atoms with Crippen molar-refractivity contribution in [2.24, 2.45) is 16.1 Å². The van der Waals surface area contributed by atoms with Gasteiger partial charge in [-0.1, -0.05) is 45.0 Å². The Hall–Kier alpha value is -4.75. The highest BCUT2D eigenvalue weighted by atomic mass is 16.5. The number of hydrogen-bond acceptors (Lipinski definition) is 8. The third kappa shape index (κ3) is 8.46. The minimum atomic E-state index is -0.424. The lowest BCUT2D eigenvalue weighted by Gasteiger charge is -2.32. The van der Waals surface area contributed by atoms with Crippen LogP contribution in [0.15, 0.2) is 71.8 Å². The molecule has 2 amide bonds. The van der Waals surface area contributed by atoms with E-state index in [4.69, 9.17) is 10.5 Å². The van der Waals surface area contributed by atoms with Gasteiger partial charge in [-0.15, -0.1) is 15.2 Å². The van der Waals surface area contributed by atoms with Crippen molar-refractivity contribution in [3.05, 3.63) is 77.9 Å². The Kier molecular flexibility index (Phi) is 10.3. The molecule has 0 bridgehead atoms. The molecule has 1 fully saturated rings.